The molecule has 0 amide bonds. The van der Waals surface area contributed by atoms with Crippen molar-refractivity contribution in [1.82, 2.24) is 10.2 Å². The molecule has 0 fully saturated rings. The van der Waals surface area contributed by atoms with Crippen LogP contribution in [0, 0.1) is 6.92 Å². The van der Waals surface area contributed by atoms with Crippen molar-refractivity contribution in [2.24, 2.45) is 0 Å². The lowest BCUT2D eigenvalue weighted by atomic mass is 10.1. The van der Waals surface area contributed by atoms with Gasteiger partial charge in [0.1, 0.15) is 11.3 Å². The SMILES string of the molecule is CCOc1cccc(/C=C(\C(=O)O)c2nnc(C)o2)c1. The van der Waals surface area contributed by atoms with Gasteiger partial charge in [0.25, 0.3) is 5.89 Å². The molecule has 2 aromatic rings. The highest BCUT2D eigenvalue weighted by Crippen LogP contribution is 2.20. The van der Waals surface area contributed by atoms with Gasteiger partial charge >= 0.3 is 5.97 Å². The van der Waals surface area contributed by atoms with Gasteiger partial charge in [0.15, 0.2) is 0 Å². The molecular formula is C14H14N2O4. The van der Waals surface area contributed by atoms with Crippen LogP contribution in [-0.2, 0) is 4.79 Å². The average molecular weight is 274 g/mol. The molecule has 1 heterocycles. The first-order valence-electron chi connectivity index (χ1n) is 6.08. The van der Waals surface area contributed by atoms with Gasteiger partial charge in [-0.3, -0.25) is 0 Å². The van der Waals surface area contributed by atoms with Gasteiger partial charge in [-0.05, 0) is 30.7 Å². The monoisotopic (exact) mass is 274 g/mol. The first-order valence-corrected chi connectivity index (χ1v) is 6.08. The molecule has 0 aliphatic heterocycles. The molecular weight excluding hydrogens is 260 g/mol. The summed E-state index contributed by atoms with van der Waals surface area (Å²) in [5, 5.41) is 16.6. The quantitative estimate of drug-likeness (QED) is 0.842. The number of hydrogen-bond donors (Lipinski definition) is 1. The van der Waals surface area contributed by atoms with E-state index in [1.165, 1.54) is 6.08 Å². The maximum Gasteiger partial charge on any atom is 0.341 e. The van der Waals surface area contributed by atoms with Crippen molar-refractivity contribution in [2.45, 2.75) is 13.8 Å². The molecule has 6 heteroatoms. The Kier molecular flexibility index (Phi) is 4.14. The zero-order chi connectivity index (χ0) is 14.5. The number of aliphatic carboxylic acids is 1. The van der Waals surface area contributed by atoms with Gasteiger partial charge in [-0.25, -0.2) is 4.79 Å². The Morgan fingerprint density at radius 1 is 1.45 bits per heavy atom. The van der Waals surface area contributed by atoms with Gasteiger partial charge in [0.2, 0.25) is 5.89 Å². The molecule has 1 aromatic heterocycles. The molecule has 2 rings (SSSR count). The average Bonchev–Trinajstić information content (AvgIpc) is 2.83. The summed E-state index contributed by atoms with van der Waals surface area (Å²) in [5.74, 6) is -0.157. The Morgan fingerprint density at radius 2 is 2.25 bits per heavy atom. The molecule has 0 aliphatic carbocycles. The normalized spacial score (nSPS) is 11.4. The summed E-state index contributed by atoms with van der Waals surface area (Å²) in [6.07, 6.45) is 1.47. The van der Waals surface area contributed by atoms with E-state index in [-0.39, 0.29) is 11.5 Å². The Hall–Kier alpha value is -2.63. The third kappa shape index (κ3) is 3.23. The summed E-state index contributed by atoms with van der Waals surface area (Å²) in [4.78, 5) is 11.3. The Bertz CT molecular complexity index is 646. The van der Waals surface area contributed by atoms with Crippen LogP contribution < -0.4 is 4.74 Å². The zero-order valence-corrected chi connectivity index (χ0v) is 11.2. The van der Waals surface area contributed by atoms with Gasteiger partial charge in [0.05, 0.1) is 6.61 Å². The lowest BCUT2D eigenvalue weighted by Crippen LogP contribution is -2.00. The van der Waals surface area contributed by atoms with E-state index in [0.717, 1.165) is 0 Å². The van der Waals surface area contributed by atoms with Crippen molar-refractivity contribution < 1.29 is 19.1 Å². The van der Waals surface area contributed by atoms with Crippen LogP contribution in [0.5, 0.6) is 5.75 Å². The smallest absolute Gasteiger partial charge is 0.341 e. The number of aryl methyl sites for hydroxylation is 1. The summed E-state index contributed by atoms with van der Waals surface area (Å²) in [7, 11) is 0. The fourth-order valence-corrected chi connectivity index (χ4v) is 1.65. The fraction of sp³-hybridized carbons (Fsp3) is 0.214. The predicted molar refractivity (Wildman–Crippen MR) is 72.2 cm³/mol. The van der Waals surface area contributed by atoms with Gasteiger partial charge in [0, 0.05) is 6.92 Å². The van der Waals surface area contributed by atoms with E-state index in [1.807, 2.05) is 6.92 Å². The van der Waals surface area contributed by atoms with Crippen LogP contribution in [0.15, 0.2) is 28.7 Å². The molecule has 0 unspecified atom stereocenters. The topological polar surface area (TPSA) is 85.5 Å². The maximum absolute atomic E-state index is 11.3. The number of hydrogen-bond acceptors (Lipinski definition) is 5. The highest BCUT2D eigenvalue weighted by atomic mass is 16.5. The summed E-state index contributed by atoms with van der Waals surface area (Å²) >= 11 is 0. The molecule has 0 aliphatic rings. The lowest BCUT2D eigenvalue weighted by Gasteiger charge is -2.03. The summed E-state index contributed by atoms with van der Waals surface area (Å²) < 4.78 is 10.5. The summed E-state index contributed by atoms with van der Waals surface area (Å²) in [5.41, 5.74) is 0.628. The number of carboxylic acids is 1. The van der Waals surface area contributed by atoms with Gasteiger partial charge in [-0.1, -0.05) is 12.1 Å². The van der Waals surface area contributed by atoms with Crippen LogP contribution in [-0.4, -0.2) is 27.9 Å². The Labute approximate surface area is 115 Å². The van der Waals surface area contributed by atoms with Crippen LogP contribution in [0.1, 0.15) is 24.3 Å². The molecule has 0 atom stereocenters. The van der Waals surface area contributed by atoms with Crippen molar-refractivity contribution in [3.8, 4) is 5.75 Å². The van der Waals surface area contributed by atoms with Gasteiger partial charge in [-0.15, -0.1) is 10.2 Å². The predicted octanol–water partition coefficient (Wildman–Crippen LogP) is 2.40. The van der Waals surface area contributed by atoms with E-state index in [0.29, 0.717) is 23.8 Å². The highest BCUT2D eigenvalue weighted by molar-refractivity contribution is 6.19. The molecule has 1 N–H and O–H groups in total. The first kappa shape index (κ1) is 13.8. The minimum atomic E-state index is -1.13. The molecule has 1 aromatic carbocycles. The zero-order valence-electron chi connectivity index (χ0n) is 11.2. The van der Waals surface area contributed by atoms with Crippen LogP contribution in [0.2, 0.25) is 0 Å². The molecule has 6 nitrogen and oxygen atoms in total. The van der Waals surface area contributed by atoms with Crippen molar-refractivity contribution in [3.05, 3.63) is 41.6 Å². The van der Waals surface area contributed by atoms with E-state index in [9.17, 15) is 9.90 Å². The number of nitrogens with zero attached hydrogens (tertiary/aromatic N) is 2. The number of benzene rings is 1. The molecule has 0 saturated carbocycles. The van der Waals surface area contributed by atoms with Crippen LogP contribution in [0.4, 0.5) is 0 Å². The lowest BCUT2D eigenvalue weighted by molar-refractivity contribution is -0.130. The van der Waals surface area contributed by atoms with Gasteiger partial charge in [-0.2, -0.15) is 0 Å². The number of rotatable bonds is 5. The second-order valence-corrected chi connectivity index (χ2v) is 3.99. The Morgan fingerprint density at radius 3 is 2.85 bits per heavy atom. The number of carboxylic acid groups (broad SMARTS) is 1. The van der Waals surface area contributed by atoms with Crippen LogP contribution in [0.3, 0.4) is 0 Å². The second kappa shape index (κ2) is 6.01. The van der Waals surface area contributed by atoms with Crippen molar-refractivity contribution in [3.63, 3.8) is 0 Å². The highest BCUT2D eigenvalue weighted by Gasteiger charge is 2.17. The van der Waals surface area contributed by atoms with Crippen molar-refractivity contribution >= 4 is 17.6 Å². The van der Waals surface area contributed by atoms with E-state index in [4.69, 9.17) is 9.15 Å². The van der Waals surface area contributed by atoms with E-state index >= 15 is 0 Å². The molecule has 0 spiro atoms. The minimum Gasteiger partial charge on any atom is -0.494 e. The van der Waals surface area contributed by atoms with E-state index in [2.05, 4.69) is 10.2 Å². The molecule has 0 bridgehead atoms. The third-order valence-corrected chi connectivity index (χ3v) is 2.47. The van der Waals surface area contributed by atoms with E-state index < -0.39 is 5.97 Å². The standard InChI is InChI=1S/C14H14N2O4/c1-3-19-11-6-4-5-10(7-11)8-12(14(17)18)13-16-15-9(2)20-13/h4-8H,3H2,1-2H3,(H,17,18)/b12-8-. The molecule has 0 radical (unpaired) electrons. The summed E-state index contributed by atoms with van der Waals surface area (Å²) in [6, 6.07) is 7.11. The number of aromatic nitrogens is 2. The van der Waals surface area contributed by atoms with Gasteiger partial charge < -0.3 is 14.3 Å². The molecule has 0 saturated heterocycles. The van der Waals surface area contributed by atoms with Crippen molar-refractivity contribution in [2.75, 3.05) is 6.61 Å². The van der Waals surface area contributed by atoms with Crippen molar-refractivity contribution in [1.29, 1.82) is 0 Å². The minimum absolute atomic E-state index is 0.0168. The molecule has 20 heavy (non-hydrogen) atoms. The largest absolute Gasteiger partial charge is 0.494 e. The second-order valence-electron chi connectivity index (χ2n) is 3.99. The third-order valence-electron chi connectivity index (χ3n) is 2.47. The first-order chi connectivity index (χ1) is 9.60. The van der Waals surface area contributed by atoms with Crippen LogP contribution >= 0.6 is 0 Å². The molecule has 104 valence electrons. The fourth-order valence-electron chi connectivity index (χ4n) is 1.65. The maximum atomic E-state index is 11.3. The number of ether oxygens (including phenoxy) is 1. The van der Waals surface area contributed by atoms with Crippen LogP contribution in [0.25, 0.3) is 11.6 Å². The van der Waals surface area contributed by atoms with E-state index in [1.54, 1.807) is 31.2 Å². The summed E-state index contributed by atoms with van der Waals surface area (Å²) in [6.45, 7) is 4.03. The Balaban J connectivity index is 2.38. The number of carbonyl (C=O) groups is 1.